The number of anilines is 1. The lowest BCUT2D eigenvalue weighted by molar-refractivity contribution is -0.116. The molecule has 1 amide bonds. The van der Waals surface area contributed by atoms with Gasteiger partial charge in [0.15, 0.2) is 0 Å². The van der Waals surface area contributed by atoms with Crippen molar-refractivity contribution in [3.8, 4) is 0 Å². The Labute approximate surface area is 127 Å². The first kappa shape index (κ1) is 14.3. The van der Waals surface area contributed by atoms with Crippen LogP contribution in [0.2, 0.25) is 0 Å². The van der Waals surface area contributed by atoms with Gasteiger partial charge in [-0.05, 0) is 36.8 Å². The number of aromatic nitrogens is 2. The van der Waals surface area contributed by atoms with Gasteiger partial charge < -0.3 is 5.32 Å². The molecule has 0 bridgehead atoms. The average Bonchev–Trinajstić information content (AvgIpc) is 2.90. The van der Waals surface area contributed by atoms with Crippen molar-refractivity contribution in [1.29, 1.82) is 0 Å². The molecule has 0 fully saturated rings. The van der Waals surface area contributed by atoms with Crippen LogP contribution in [-0.2, 0) is 11.3 Å². The number of fused-ring (bicyclic) bond motifs is 1. The molecule has 0 saturated carbocycles. The van der Waals surface area contributed by atoms with Crippen LogP contribution in [-0.4, -0.2) is 15.7 Å². The number of rotatable bonds is 4. The lowest BCUT2D eigenvalue weighted by atomic mass is 10.1. The highest BCUT2D eigenvalue weighted by molar-refractivity contribution is 5.90. The summed E-state index contributed by atoms with van der Waals surface area (Å²) in [7, 11) is 0. The molecule has 1 N–H and O–H groups in total. The van der Waals surface area contributed by atoms with Crippen LogP contribution in [0.1, 0.15) is 12.0 Å². The molecule has 0 spiro atoms. The number of hydrogen-bond acceptors (Lipinski definition) is 2. The molecule has 22 heavy (non-hydrogen) atoms. The largest absolute Gasteiger partial charge is 0.326 e. The Balaban J connectivity index is 1.66. The number of carbonyl (C=O) groups excluding carboxylic acids is 1. The first-order valence-electron chi connectivity index (χ1n) is 7.10. The summed E-state index contributed by atoms with van der Waals surface area (Å²) < 4.78 is 14.9. The fourth-order valence-electron chi connectivity index (χ4n) is 2.42. The smallest absolute Gasteiger partial charge is 0.226 e. The lowest BCUT2D eigenvalue weighted by Gasteiger charge is -2.06. The van der Waals surface area contributed by atoms with Gasteiger partial charge in [0.1, 0.15) is 5.82 Å². The van der Waals surface area contributed by atoms with Crippen molar-refractivity contribution in [3.05, 3.63) is 60.0 Å². The summed E-state index contributed by atoms with van der Waals surface area (Å²) in [5, 5.41) is 8.10. The van der Waals surface area contributed by atoms with Gasteiger partial charge in [-0.3, -0.25) is 9.48 Å². The van der Waals surface area contributed by atoms with E-state index in [1.807, 2.05) is 36.0 Å². The Morgan fingerprint density at radius 2 is 2.09 bits per heavy atom. The van der Waals surface area contributed by atoms with Crippen LogP contribution in [0.15, 0.2) is 48.7 Å². The molecule has 0 atom stereocenters. The Kier molecular flexibility index (Phi) is 3.87. The van der Waals surface area contributed by atoms with E-state index in [-0.39, 0.29) is 18.1 Å². The summed E-state index contributed by atoms with van der Waals surface area (Å²) in [6.45, 7) is 2.51. The third-order valence-corrected chi connectivity index (χ3v) is 3.56. The zero-order valence-electron chi connectivity index (χ0n) is 12.2. The topological polar surface area (TPSA) is 46.9 Å². The van der Waals surface area contributed by atoms with Crippen molar-refractivity contribution in [2.24, 2.45) is 0 Å². The Morgan fingerprint density at radius 1 is 1.27 bits per heavy atom. The fourth-order valence-corrected chi connectivity index (χ4v) is 2.42. The Bertz CT molecular complexity index is 826. The van der Waals surface area contributed by atoms with Gasteiger partial charge in [0.25, 0.3) is 0 Å². The van der Waals surface area contributed by atoms with Gasteiger partial charge in [-0.1, -0.05) is 18.2 Å². The monoisotopic (exact) mass is 297 g/mol. The van der Waals surface area contributed by atoms with Crippen LogP contribution in [0.5, 0.6) is 0 Å². The van der Waals surface area contributed by atoms with Gasteiger partial charge in [-0.25, -0.2) is 4.39 Å². The maximum absolute atomic E-state index is 13.1. The van der Waals surface area contributed by atoms with E-state index in [0.29, 0.717) is 12.2 Å². The third-order valence-electron chi connectivity index (χ3n) is 3.56. The summed E-state index contributed by atoms with van der Waals surface area (Å²) in [5.41, 5.74) is 2.64. The van der Waals surface area contributed by atoms with Crippen LogP contribution in [0, 0.1) is 12.7 Å². The molecular weight excluding hydrogens is 281 g/mol. The van der Waals surface area contributed by atoms with E-state index in [4.69, 9.17) is 0 Å². The van der Waals surface area contributed by atoms with Gasteiger partial charge in [-0.15, -0.1) is 0 Å². The molecule has 2 aromatic carbocycles. The van der Waals surface area contributed by atoms with E-state index in [2.05, 4.69) is 10.4 Å². The maximum Gasteiger partial charge on any atom is 0.226 e. The first-order valence-corrected chi connectivity index (χ1v) is 7.10. The van der Waals surface area contributed by atoms with Crippen LogP contribution >= 0.6 is 0 Å². The summed E-state index contributed by atoms with van der Waals surface area (Å²) in [5.74, 6) is -0.534. The van der Waals surface area contributed by atoms with Gasteiger partial charge in [0.2, 0.25) is 5.91 Å². The molecule has 1 aromatic heterocycles. The van der Waals surface area contributed by atoms with Crippen molar-refractivity contribution < 1.29 is 9.18 Å². The second-order valence-corrected chi connectivity index (χ2v) is 5.18. The van der Waals surface area contributed by atoms with Crippen LogP contribution in [0.4, 0.5) is 10.1 Å². The molecule has 0 aliphatic heterocycles. The van der Waals surface area contributed by atoms with E-state index >= 15 is 0 Å². The minimum absolute atomic E-state index is 0.165. The molecule has 0 aliphatic rings. The highest BCUT2D eigenvalue weighted by atomic mass is 19.1. The molecule has 0 unspecified atom stereocenters. The minimum atomic E-state index is -0.369. The second kappa shape index (κ2) is 5.97. The summed E-state index contributed by atoms with van der Waals surface area (Å²) in [4.78, 5) is 11.9. The predicted octanol–water partition coefficient (Wildman–Crippen LogP) is 3.51. The first-order chi connectivity index (χ1) is 10.6. The molecule has 1 heterocycles. The molecule has 5 heteroatoms. The number of aryl methyl sites for hydroxylation is 2. The Morgan fingerprint density at radius 3 is 2.91 bits per heavy atom. The number of amides is 1. The van der Waals surface area contributed by atoms with Crippen molar-refractivity contribution >= 4 is 22.5 Å². The third kappa shape index (κ3) is 2.98. The molecule has 112 valence electrons. The molecule has 0 saturated heterocycles. The SMILES string of the molecule is Cc1cccc2c1cnn2CCC(=O)Nc1cccc(F)c1. The zero-order valence-corrected chi connectivity index (χ0v) is 12.2. The van der Waals surface area contributed by atoms with Crippen molar-refractivity contribution in [1.82, 2.24) is 9.78 Å². The highest BCUT2D eigenvalue weighted by Crippen LogP contribution is 2.18. The predicted molar refractivity (Wildman–Crippen MR) is 84.1 cm³/mol. The van der Waals surface area contributed by atoms with E-state index in [0.717, 1.165) is 16.5 Å². The standard InChI is InChI=1S/C17H16FN3O/c1-12-4-2-7-16-15(12)11-19-21(16)9-8-17(22)20-14-6-3-5-13(18)10-14/h2-7,10-11H,8-9H2,1H3,(H,20,22). The minimum Gasteiger partial charge on any atom is -0.326 e. The van der Waals surface area contributed by atoms with Crippen molar-refractivity contribution in [2.75, 3.05) is 5.32 Å². The van der Waals surface area contributed by atoms with E-state index < -0.39 is 0 Å². The van der Waals surface area contributed by atoms with E-state index in [1.165, 1.54) is 12.1 Å². The van der Waals surface area contributed by atoms with E-state index in [9.17, 15) is 9.18 Å². The molecular formula is C17H16FN3O. The van der Waals surface area contributed by atoms with Crippen LogP contribution in [0.25, 0.3) is 10.9 Å². The van der Waals surface area contributed by atoms with Gasteiger partial charge in [-0.2, -0.15) is 5.10 Å². The molecule has 4 nitrogen and oxygen atoms in total. The second-order valence-electron chi connectivity index (χ2n) is 5.18. The summed E-state index contributed by atoms with van der Waals surface area (Å²) in [6.07, 6.45) is 2.09. The number of nitrogens with one attached hydrogen (secondary N) is 1. The molecule has 0 aliphatic carbocycles. The molecule has 3 rings (SSSR count). The van der Waals surface area contributed by atoms with Gasteiger partial charge in [0.05, 0.1) is 18.3 Å². The van der Waals surface area contributed by atoms with Crippen LogP contribution in [0.3, 0.4) is 0 Å². The quantitative estimate of drug-likeness (QED) is 0.801. The van der Waals surface area contributed by atoms with Crippen molar-refractivity contribution in [2.45, 2.75) is 19.9 Å². The molecule has 0 radical (unpaired) electrons. The normalized spacial score (nSPS) is 10.8. The van der Waals surface area contributed by atoms with Gasteiger partial charge >= 0.3 is 0 Å². The maximum atomic E-state index is 13.1. The van der Waals surface area contributed by atoms with Crippen LogP contribution < -0.4 is 5.32 Å². The summed E-state index contributed by atoms with van der Waals surface area (Å²) in [6, 6.07) is 11.9. The number of nitrogens with zero attached hydrogens (tertiary/aromatic N) is 2. The molecule has 3 aromatic rings. The highest BCUT2D eigenvalue weighted by Gasteiger charge is 2.07. The van der Waals surface area contributed by atoms with Gasteiger partial charge in [0, 0.05) is 17.5 Å². The average molecular weight is 297 g/mol. The number of halogens is 1. The fraction of sp³-hybridized carbons (Fsp3) is 0.176. The lowest BCUT2D eigenvalue weighted by Crippen LogP contribution is -2.15. The number of benzene rings is 2. The Hall–Kier alpha value is -2.69. The zero-order chi connectivity index (χ0) is 15.5. The summed E-state index contributed by atoms with van der Waals surface area (Å²) >= 11 is 0. The van der Waals surface area contributed by atoms with E-state index in [1.54, 1.807) is 12.1 Å². The van der Waals surface area contributed by atoms with Crippen molar-refractivity contribution in [3.63, 3.8) is 0 Å². The number of hydrogen-bond donors (Lipinski definition) is 1. The number of carbonyl (C=O) groups is 1.